The maximum absolute atomic E-state index is 6.13. The third-order valence-electron chi connectivity index (χ3n) is 5.93. The summed E-state index contributed by atoms with van der Waals surface area (Å²) in [4.78, 5) is 6.78. The Morgan fingerprint density at radius 1 is 1.19 bits per heavy atom. The number of nitrogens with one attached hydrogen (secondary N) is 1. The SMILES string of the molecule is CN=C(NCCOc1ccccc1C(C)C)N1CCC(OCC2CCCCO2)CC1.I. The van der Waals surface area contributed by atoms with Crippen molar-refractivity contribution in [2.75, 3.05) is 46.5 Å². The van der Waals surface area contributed by atoms with Crippen molar-refractivity contribution < 1.29 is 14.2 Å². The van der Waals surface area contributed by atoms with Crippen LogP contribution in [0.1, 0.15) is 57.4 Å². The molecule has 1 aromatic carbocycles. The van der Waals surface area contributed by atoms with Gasteiger partial charge in [-0.25, -0.2) is 0 Å². The van der Waals surface area contributed by atoms with Crippen LogP contribution in [-0.4, -0.2) is 69.6 Å². The zero-order valence-electron chi connectivity index (χ0n) is 19.3. The minimum Gasteiger partial charge on any atom is -0.491 e. The molecule has 2 fully saturated rings. The van der Waals surface area contributed by atoms with Crippen molar-refractivity contribution in [1.29, 1.82) is 0 Å². The van der Waals surface area contributed by atoms with Gasteiger partial charge >= 0.3 is 0 Å². The zero-order chi connectivity index (χ0) is 21.2. The molecule has 2 aliphatic heterocycles. The summed E-state index contributed by atoms with van der Waals surface area (Å²) in [5.74, 6) is 2.38. The molecule has 1 N–H and O–H groups in total. The van der Waals surface area contributed by atoms with Crippen LogP contribution < -0.4 is 10.1 Å². The number of aliphatic imine (C=N–C) groups is 1. The summed E-state index contributed by atoms with van der Waals surface area (Å²) in [5, 5.41) is 3.45. The van der Waals surface area contributed by atoms with Gasteiger partial charge in [0, 0.05) is 26.7 Å². The lowest BCUT2D eigenvalue weighted by Crippen LogP contribution is -2.48. The third kappa shape index (κ3) is 8.42. The molecule has 0 saturated carbocycles. The predicted molar refractivity (Wildman–Crippen MR) is 137 cm³/mol. The lowest BCUT2D eigenvalue weighted by Gasteiger charge is -2.35. The van der Waals surface area contributed by atoms with Crippen LogP contribution in [0.3, 0.4) is 0 Å². The quantitative estimate of drug-likeness (QED) is 0.227. The van der Waals surface area contributed by atoms with Crippen LogP contribution in [0.15, 0.2) is 29.3 Å². The molecule has 1 atom stereocenters. The molecule has 176 valence electrons. The Bertz CT molecular complexity index is 657. The largest absolute Gasteiger partial charge is 0.491 e. The summed E-state index contributed by atoms with van der Waals surface area (Å²) in [6.45, 7) is 9.29. The molecule has 0 aromatic heterocycles. The summed E-state index contributed by atoms with van der Waals surface area (Å²) in [5.41, 5.74) is 1.25. The molecule has 7 heteroatoms. The first-order valence-electron chi connectivity index (χ1n) is 11.6. The van der Waals surface area contributed by atoms with Gasteiger partial charge in [0.2, 0.25) is 0 Å². The number of piperidine rings is 1. The second kappa shape index (κ2) is 14.2. The molecule has 31 heavy (non-hydrogen) atoms. The Kier molecular flexibility index (Phi) is 12.0. The summed E-state index contributed by atoms with van der Waals surface area (Å²) in [6, 6.07) is 8.28. The molecule has 2 saturated heterocycles. The van der Waals surface area contributed by atoms with Crippen molar-refractivity contribution >= 4 is 29.9 Å². The molecule has 2 heterocycles. The van der Waals surface area contributed by atoms with E-state index in [4.69, 9.17) is 14.2 Å². The molecule has 2 aliphatic rings. The number of likely N-dealkylation sites (tertiary alicyclic amines) is 1. The lowest BCUT2D eigenvalue weighted by atomic mass is 10.0. The number of benzene rings is 1. The van der Waals surface area contributed by atoms with Gasteiger partial charge in [0.15, 0.2) is 5.96 Å². The van der Waals surface area contributed by atoms with Crippen LogP contribution >= 0.6 is 24.0 Å². The molecule has 0 bridgehead atoms. The number of guanidine groups is 1. The van der Waals surface area contributed by atoms with Gasteiger partial charge in [0.1, 0.15) is 12.4 Å². The molecule has 1 aromatic rings. The van der Waals surface area contributed by atoms with Crippen molar-refractivity contribution in [3.63, 3.8) is 0 Å². The average molecular weight is 546 g/mol. The van der Waals surface area contributed by atoms with Gasteiger partial charge in [-0.3, -0.25) is 4.99 Å². The zero-order valence-corrected chi connectivity index (χ0v) is 21.7. The highest BCUT2D eigenvalue weighted by Crippen LogP contribution is 2.25. The first-order valence-corrected chi connectivity index (χ1v) is 11.6. The maximum atomic E-state index is 6.13. The van der Waals surface area contributed by atoms with Gasteiger partial charge < -0.3 is 24.4 Å². The Hall–Kier alpha value is -1.06. The van der Waals surface area contributed by atoms with Crippen molar-refractivity contribution in [2.24, 2.45) is 4.99 Å². The number of rotatable bonds is 8. The molecule has 6 nitrogen and oxygen atoms in total. The van der Waals surface area contributed by atoms with Crippen LogP contribution in [0.4, 0.5) is 0 Å². The fraction of sp³-hybridized carbons (Fsp3) is 0.708. The number of hydrogen-bond acceptors (Lipinski definition) is 4. The molecule has 3 rings (SSSR count). The molecule has 0 aliphatic carbocycles. The van der Waals surface area contributed by atoms with E-state index in [-0.39, 0.29) is 24.0 Å². The molecular formula is C24H40IN3O3. The number of hydrogen-bond donors (Lipinski definition) is 1. The molecule has 0 spiro atoms. The van der Waals surface area contributed by atoms with Crippen LogP contribution in [-0.2, 0) is 9.47 Å². The van der Waals surface area contributed by atoms with Crippen molar-refractivity contribution in [3.8, 4) is 5.75 Å². The minimum atomic E-state index is 0. The van der Waals surface area contributed by atoms with Gasteiger partial charge in [-0.2, -0.15) is 0 Å². The van der Waals surface area contributed by atoms with E-state index in [0.717, 1.165) is 63.8 Å². The van der Waals surface area contributed by atoms with E-state index in [1.54, 1.807) is 0 Å². The number of nitrogens with zero attached hydrogens (tertiary/aromatic N) is 2. The van der Waals surface area contributed by atoms with Crippen molar-refractivity contribution in [2.45, 2.75) is 64.1 Å². The fourth-order valence-corrected chi connectivity index (χ4v) is 4.16. The second-order valence-electron chi connectivity index (χ2n) is 8.52. The molecule has 0 amide bonds. The highest BCUT2D eigenvalue weighted by Gasteiger charge is 2.23. The predicted octanol–water partition coefficient (Wildman–Crippen LogP) is 4.43. The summed E-state index contributed by atoms with van der Waals surface area (Å²) < 4.78 is 17.9. The van der Waals surface area contributed by atoms with E-state index in [1.807, 2.05) is 19.2 Å². The van der Waals surface area contributed by atoms with Gasteiger partial charge in [-0.05, 0) is 49.7 Å². The van der Waals surface area contributed by atoms with Crippen LogP contribution in [0.5, 0.6) is 5.75 Å². The number of ether oxygens (including phenoxy) is 3. The van der Waals surface area contributed by atoms with Crippen molar-refractivity contribution in [1.82, 2.24) is 10.2 Å². The van der Waals surface area contributed by atoms with Gasteiger partial charge in [0.05, 0.1) is 25.4 Å². The first kappa shape index (κ1) is 26.2. The lowest BCUT2D eigenvalue weighted by molar-refractivity contribution is -0.0721. The minimum absolute atomic E-state index is 0. The normalized spacial score (nSPS) is 20.5. The topological polar surface area (TPSA) is 55.3 Å². The maximum Gasteiger partial charge on any atom is 0.193 e. The standard InChI is InChI=1S/C24H39N3O3.HI/c1-19(2)22-9-4-5-10-23(22)29-17-13-26-24(25-3)27-14-11-20(12-15-27)30-18-21-8-6-7-16-28-21;/h4-5,9-10,19-21H,6-8,11-18H2,1-3H3,(H,25,26);1H. The van der Waals surface area contributed by atoms with E-state index in [9.17, 15) is 0 Å². The fourth-order valence-electron chi connectivity index (χ4n) is 4.16. The molecule has 1 unspecified atom stereocenters. The van der Waals surface area contributed by atoms with Gasteiger partial charge in [-0.15, -0.1) is 24.0 Å². The summed E-state index contributed by atoms with van der Waals surface area (Å²) in [7, 11) is 1.85. The smallest absolute Gasteiger partial charge is 0.193 e. The van der Waals surface area contributed by atoms with E-state index >= 15 is 0 Å². The monoisotopic (exact) mass is 545 g/mol. The second-order valence-corrected chi connectivity index (χ2v) is 8.52. The van der Waals surface area contributed by atoms with Gasteiger partial charge in [0.25, 0.3) is 0 Å². The van der Waals surface area contributed by atoms with Crippen molar-refractivity contribution in [3.05, 3.63) is 29.8 Å². The Labute approximate surface area is 205 Å². The van der Waals surface area contributed by atoms with E-state index < -0.39 is 0 Å². The van der Waals surface area contributed by atoms with E-state index in [1.165, 1.54) is 18.4 Å². The van der Waals surface area contributed by atoms with E-state index in [2.05, 4.69) is 41.2 Å². The Morgan fingerprint density at radius 3 is 2.65 bits per heavy atom. The number of para-hydroxylation sites is 1. The van der Waals surface area contributed by atoms with E-state index in [0.29, 0.717) is 24.7 Å². The molecular weight excluding hydrogens is 505 g/mol. The van der Waals surface area contributed by atoms with Crippen LogP contribution in [0.25, 0.3) is 0 Å². The summed E-state index contributed by atoms with van der Waals surface area (Å²) in [6.07, 6.45) is 6.29. The average Bonchev–Trinajstić information content (AvgIpc) is 2.79. The van der Waals surface area contributed by atoms with Crippen LogP contribution in [0.2, 0.25) is 0 Å². The Morgan fingerprint density at radius 2 is 1.97 bits per heavy atom. The first-order chi connectivity index (χ1) is 14.7. The van der Waals surface area contributed by atoms with Gasteiger partial charge in [-0.1, -0.05) is 32.0 Å². The highest BCUT2D eigenvalue weighted by atomic mass is 127. The number of halogens is 1. The summed E-state index contributed by atoms with van der Waals surface area (Å²) >= 11 is 0. The highest BCUT2D eigenvalue weighted by molar-refractivity contribution is 14.0. The molecule has 0 radical (unpaired) electrons. The Balaban J connectivity index is 0.00000341. The van der Waals surface area contributed by atoms with Crippen LogP contribution in [0, 0.1) is 0 Å². The third-order valence-corrected chi connectivity index (χ3v) is 5.93.